The first-order valence-electron chi connectivity index (χ1n) is 6.23. The van der Waals surface area contributed by atoms with Gasteiger partial charge in [0.05, 0.1) is 22.9 Å². The lowest BCUT2D eigenvalue weighted by Crippen LogP contribution is -2.34. The molecule has 1 unspecified atom stereocenters. The Morgan fingerprint density at radius 3 is 3.00 bits per heavy atom. The molecule has 0 radical (unpaired) electrons. The number of carbonyl (C=O) groups is 1. The van der Waals surface area contributed by atoms with E-state index < -0.39 is 6.04 Å². The highest BCUT2D eigenvalue weighted by atomic mass is 32.1. The van der Waals surface area contributed by atoms with Gasteiger partial charge < -0.3 is 15.8 Å². The second-order valence-corrected chi connectivity index (χ2v) is 5.12. The fourth-order valence-electron chi connectivity index (χ4n) is 1.60. The number of nitrogens with zero attached hydrogens (tertiary/aromatic N) is 1. The molecule has 1 aromatic heterocycles. The van der Waals surface area contributed by atoms with Crippen LogP contribution in [0, 0.1) is 0 Å². The molecule has 5 nitrogen and oxygen atoms in total. The molecule has 1 aromatic carbocycles. The van der Waals surface area contributed by atoms with Crippen LogP contribution in [0.4, 0.5) is 5.13 Å². The maximum Gasteiger partial charge on any atom is 0.243 e. The zero-order valence-corrected chi connectivity index (χ0v) is 11.8. The summed E-state index contributed by atoms with van der Waals surface area (Å²) in [5.41, 5.74) is 6.51. The second kappa shape index (κ2) is 5.99. The Morgan fingerprint density at radius 1 is 1.53 bits per heavy atom. The van der Waals surface area contributed by atoms with E-state index in [2.05, 4.69) is 10.3 Å². The number of nitrogens with one attached hydrogen (secondary N) is 1. The average molecular weight is 279 g/mol. The highest BCUT2D eigenvalue weighted by Gasteiger charge is 2.13. The number of benzene rings is 1. The molecule has 102 valence electrons. The number of ether oxygens (including phenoxy) is 1. The lowest BCUT2D eigenvalue weighted by atomic mass is 10.2. The van der Waals surface area contributed by atoms with Gasteiger partial charge in [-0.3, -0.25) is 4.79 Å². The molecule has 0 aliphatic rings. The first-order chi connectivity index (χ1) is 9.13. The summed E-state index contributed by atoms with van der Waals surface area (Å²) in [6.45, 7) is 4.44. The van der Waals surface area contributed by atoms with Gasteiger partial charge in [-0.25, -0.2) is 4.98 Å². The molecule has 19 heavy (non-hydrogen) atoms. The number of nitrogens with two attached hydrogens (primary N) is 1. The van der Waals surface area contributed by atoms with Crippen molar-refractivity contribution in [2.45, 2.75) is 26.3 Å². The summed E-state index contributed by atoms with van der Waals surface area (Å²) >= 11 is 1.41. The molecule has 3 N–H and O–H groups in total. The minimum Gasteiger partial charge on any atom is -0.494 e. The molecule has 0 saturated carbocycles. The quantitative estimate of drug-likeness (QED) is 0.881. The predicted molar refractivity (Wildman–Crippen MR) is 77.7 cm³/mol. The third kappa shape index (κ3) is 3.21. The van der Waals surface area contributed by atoms with Gasteiger partial charge in [-0.05, 0) is 31.5 Å². The largest absolute Gasteiger partial charge is 0.494 e. The van der Waals surface area contributed by atoms with Crippen LogP contribution in [0.25, 0.3) is 10.2 Å². The Balaban J connectivity index is 2.19. The molecule has 6 heteroatoms. The fraction of sp³-hybridized carbons (Fsp3) is 0.385. The van der Waals surface area contributed by atoms with Gasteiger partial charge in [0.25, 0.3) is 0 Å². The highest BCUT2D eigenvalue weighted by Crippen LogP contribution is 2.29. The molecule has 1 heterocycles. The summed E-state index contributed by atoms with van der Waals surface area (Å²) in [4.78, 5) is 16.0. The van der Waals surface area contributed by atoms with Crippen molar-refractivity contribution in [2.24, 2.45) is 5.73 Å². The van der Waals surface area contributed by atoms with Crippen molar-refractivity contribution < 1.29 is 9.53 Å². The van der Waals surface area contributed by atoms with E-state index >= 15 is 0 Å². The monoisotopic (exact) mass is 279 g/mol. The van der Waals surface area contributed by atoms with Gasteiger partial charge in [0.15, 0.2) is 5.13 Å². The number of fused-ring (bicyclic) bond motifs is 1. The third-order valence-corrected chi connectivity index (χ3v) is 3.61. The highest BCUT2D eigenvalue weighted by molar-refractivity contribution is 7.22. The minimum absolute atomic E-state index is 0.202. The molecule has 0 bridgehead atoms. The van der Waals surface area contributed by atoms with Crippen LogP contribution in [0.5, 0.6) is 5.75 Å². The number of thiazole rings is 1. The lowest BCUT2D eigenvalue weighted by molar-refractivity contribution is -0.117. The van der Waals surface area contributed by atoms with Gasteiger partial charge in [-0.1, -0.05) is 18.3 Å². The smallest absolute Gasteiger partial charge is 0.243 e. The zero-order valence-electron chi connectivity index (χ0n) is 11.0. The van der Waals surface area contributed by atoms with Crippen molar-refractivity contribution in [3.05, 3.63) is 18.2 Å². The van der Waals surface area contributed by atoms with Crippen LogP contribution < -0.4 is 15.8 Å². The van der Waals surface area contributed by atoms with Crippen molar-refractivity contribution >= 4 is 32.6 Å². The van der Waals surface area contributed by atoms with Crippen molar-refractivity contribution in [3.8, 4) is 5.75 Å². The Kier molecular flexibility index (Phi) is 4.34. The predicted octanol–water partition coefficient (Wildman–Crippen LogP) is 2.37. The van der Waals surface area contributed by atoms with E-state index in [1.807, 2.05) is 32.0 Å². The number of hydrogen-bond donors (Lipinski definition) is 2. The topological polar surface area (TPSA) is 77.2 Å². The van der Waals surface area contributed by atoms with Crippen LogP contribution in [-0.2, 0) is 4.79 Å². The van der Waals surface area contributed by atoms with E-state index in [0.29, 0.717) is 18.2 Å². The standard InChI is InChI=1S/C13H17N3O2S/c1-3-9(14)12(17)16-13-15-10-6-5-8(18-4-2)7-11(10)19-13/h5-7,9H,3-4,14H2,1-2H3,(H,15,16,17). The van der Waals surface area contributed by atoms with E-state index in [4.69, 9.17) is 10.5 Å². The Labute approximate surface area is 115 Å². The molecule has 0 saturated heterocycles. The zero-order chi connectivity index (χ0) is 13.8. The molecule has 1 amide bonds. The summed E-state index contributed by atoms with van der Waals surface area (Å²) in [5, 5.41) is 3.30. The summed E-state index contributed by atoms with van der Waals surface area (Å²) < 4.78 is 6.41. The van der Waals surface area contributed by atoms with Crippen LogP contribution in [-0.4, -0.2) is 23.5 Å². The molecular weight excluding hydrogens is 262 g/mol. The van der Waals surface area contributed by atoms with Crippen molar-refractivity contribution in [1.82, 2.24) is 4.98 Å². The van der Waals surface area contributed by atoms with Gasteiger partial charge in [0.1, 0.15) is 5.75 Å². The van der Waals surface area contributed by atoms with Crippen molar-refractivity contribution in [3.63, 3.8) is 0 Å². The molecule has 1 atom stereocenters. The maximum absolute atomic E-state index is 11.7. The number of carbonyl (C=O) groups excluding carboxylic acids is 1. The number of hydrogen-bond acceptors (Lipinski definition) is 5. The van der Waals surface area contributed by atoms with Gasteiger partial charge in [-0.15, -0.1) is 0 Å². The molecule has 2 rings (SSSR count). The minimum atomic E-state index is -0.494. The van der Waals surface area contributed by atoms with E-state index in [1.54, 1.807) is 0 Å². The van der Waals surface area contributed by atoms with E-state index in [1.165, 1.54) is 11.3 Å². The van der Waals surface area contributed by atoms with Gasteiger partial charge in [0.2, 0.25) is 5.91 Å². The lowest BCUT2D eigenvalue weighted by Gasteiger charge is -2.06. The van der Waals surface area contributed by atoms with Crippen molar-refractivity contribution in [2.75, 3.05) is 11.9 Å². The van der Waals surface area contributed by atoms with E-state index in [9.17, 15) is 4.79 Å². The van der Waals surface area contributed by atoms with Crippen LogP contribution in [0.2, 0.25) is 0 Å². The molecule has 0 aliphatic carbocycles. The Bertz CT molecular complexity index is 582. The number of aromatic nitrogens is 1. The Morgan fingerprint density at radius 2 is 2.32 bits per heavy atom. The fourth-order valence-corrected chi connectivity index (χ4v) is 2.50. The Hall–Kier alpha value is -1.66. The van der Waals surface area contributed by atoms with Crippen LogP contribution in [0.1, 0.15) is 20.3 Å². The van der Waals surface area contributed by atoms with Crippen LogP contribution in [0.3, 0.4) is 0 Å². The summed E-state index contributed by atoms with van der Waals surface area (Å²) in [5.74, 6) is 0.605. The molecule has 0 fully saturated rings. The summed E-state index contributed by atoms with van der Waals surface area (Å²) in [6.07, 6.45) is 0.602. The molecule has 0 aliphatic heterocycles. The third-order valence-electron chi connectivity index (χ3n) is 2.68. The molecule has 0 spiro atoms. The summed E-state index contributed by atoms with van der Waals surface area (Å²) in [7, 11) is 0. The number of amides is 1. The van der Waals surface area contributed by atoms with E-state index in [-0.39, 0.29) is 5.91 Å². The second-order valence-electron chi connectivity index (χ2n) is 4.09. The summed E-state index contributed by atoms with van der Waals surface area (Å²) in [6, 6.07) is 5.18. The molecule has 2 aromatic rings. The normalized spacial score (nSPS) is 12.4. The van der Waals surface area contributed by atoms with Crippen LogP contribution in [0.15, 0.2) is 18.2 Å². The van der Waals surface area contributed by atoms with Crippen molar-refractivity contribution in [1.29, 1.82) is 0 Å². The maximum atomic E-state index is 11.7. The SMILES string of the molecule is CCOc1ccc2nc(NC(=O)C(N)CC)sc2c1. The van der Waals surface area contributed by atoms with E-state index in [0.717, 1.165) is 16.0 Å². The van der Waals surface area contributed by atoms with Crippen LogP contribution >= 0.6 is 11.3 Å². The first-order valence-corrected chi connectivity index (χ1v) is 7.05. The number of rotatable bonds is 5. The first kappa shape index (κ1) is 13.8. The average Bonchev–Trinajstić information content (AvgIpc) is 2.79. The van der Waals surface area contributed by atoms with Gasteiger partial charge in [-0.2, -0.15) is 0 Å². The molecular formula is C13H17N3O2S. The van der Waals surface area contributed by atoms with Gasteiger partial charge >= 0.3 is 0 Å². The number of anilines is 1. The van der Waals surface area contributed by atoms with Gasteiger partial charge in [0, 0.05) is 0 Å².